The Hall–Kier alpha value is -0.910. The van der Waals surface area contributed by atoms with E-state index in [4.69, 9.17) is 10.8 Å². The van der Waals surface area contributed by atoms with Crippen LogP contribution in [0.3, 0.4) is 0 Å². The van der Waals surface area contributed by atoms with Crippen molar-refractivity contribution in [1.82, 2.24) is 4.90 Å². The molecule has 0 spiro atoms. The summed E-state index contributed by atoms with van der Waals surface area (Å²) in [6, 6.07) is 7.13. The van der Waals surface area contributed by atoms with Crippen LogP contribution in [0.5, 0.6) is 0 Å². The van der Waals surface area contributed by atoms with Crippen LogP contribution in [0, 0.1) is 0 Å². The lowest BCUT2D eigenvalue weighted by molar-refractivity contribution is -0.132. The summed E-state index contributed by atoms with van der Waals surface area (Å²) in [7, 11) is 1.69. The number of carbonyl (C=O) groups is 1. The minimum atomic E-state index is -0.817. The molecule has 1 aromatic carbocycles. The monoisotopic (exact) mass is 300 g/mol. The molecule has 1 unspecified atom stereocenters. The first kappa shape index (κ1) is 14.2. The zero-order chi connectivity index (χ0) is 12.8. The van der Waals surface area contributed by atoms with E-state index < -0.39 is 6.04 Å². The van der Waals surface area contributed by atoms with Crippen molar-refractivity contribution in [2.45, 2.75) is 12.5 Å². The maximum atomic E-state index is 11.6. The average Bonchev–Trinajstić information content (AvgIpc) is 2.34. The number of aliphatic hydroxyl groups is 1. The second kappa shape index (κ2) is 6.74. The largest absolute Gasteiger partial charge is 0.394 e. The second-order valence-corrected chi connectivity index (χ2v) is 4.84. The van der Waals surface area contributed by atoms with Gasteiger partial charge in [0.25, 0.3) is 0 Å². The molecule has 3 N–H and O–H groups in total. The van der Waals surface area contributed by atoms with E-state index in [1.54, 1.807) is 11.9 Å². The van der Waals surface area contributed by atoms with Crippen molar-refractivity contribution in [2.75, 3.05) is 20.2 Å². The van der Waals surface area contributed by atoms with Crippen molar-refractivity contribution in [3.05, 3.63) is 34.3 Å². The number of carbonyl (C=O) groups excluding carboxylic acids is 1. The second-order valence-electron chi connectivity index (χ2n) is 3.93. The molecule has 94 valence electrons. The van der Waals surface area contributed by atoms with Crippen molar-refractivity contribution < 1.29 is 9.90 Å². The molecule has 0 heterocycles. The van der Waals surface area contributed by atoms with Gasteiger partial charge in [-0.1, -0.05) is 28.1 Å². The molecule has 0 aliphatic carbocycles. The van der Waals surface area contributed by atoms with Gasteiger partial charge in [0, 0.05) is 18.1 Å². The predicted molar refractivity (Wildman–Crippen MR) is 70.5 cm³/mol. The van der Waals surface area contributed by atoms with Gasteiger partial charge in [-0.05, 0) is 24.1 Å². The van der Waals surface area contributed by atoms with Gasteiger partial charge in [0.05, 0.1) is 6.61 Å². The molecule has 0 radical (unpaired) electrons. The summed E-state index contributed by atoms with van der Waals surface area (Å²) in [4.78, 5) is 13.1. The third-order valence-electron chi connectivity index (χ3n) is 2.52. The Morgan fingerprint density at radius 1 is 1.59 bits per heavy atom. The number of benzene rings is 1. The van der Waals surface area contributed by atoms with E-state index in [0.717, 1.165) is 16.5 Å². The van der Waals surface area contributed by atoms with Gasteiger partial charge in [0.15, 0.2) is 0 Å². The molecule has 1 aromatic rings. The normalized spacial score (nSPS) is 12.2. The minimum Gasteiger partial charge on any atom is -0.394 e. The number of halogens is 1. The summed E-state index contributed by atoms with van der Waals surface area (Å²) in [5.74, 6) is -0.234. The highest BCUT2D eigenvalue weighted by Gasteiger charge is 2.16. The van der Waals surface area contributed by atoms with E-state index in [-0.39, 0.29) is 12.5 Å². The number of rotatable bonds is 5. The summed E-state index contributed by atoms with van der Waals surface area (Å²) in [6.07, 6.45) is 0.764. The van der Waals surface area contributed by atoms with Crippen molar-refractivity contribution in [2.24, 2.45) is 5.73 Å². The maximum absolute atomic E-state index is 11.6. The van der Waals surface area contributed by atoms with Gasteiger partial charge in [-0.3, -0.25) is 4.79 Å². The fraction of sp³-hybridized carbons (Fsp3) is 0.417. The number of hydrogen-bond acceptors (Lipinski definition) is 3. The first-order valence-corrected chi connectivity index (χ1v) is 6.19. The van der Waals surface area contributed by atoms with Crippen LogP contribution in [-0.2, 0) is 11.2 Å². The molecule has 0 aromatic heterocycles. The summed E-state index contributed by atoms with van der Waals surface area (Å²) >= 11 is 3.40. The van der Waals surface area contributed by atoms with Crippen LogP contribution in [0.1, 0.15) is 5.56 Å². The molecule has 5 heteroatoms. The quantitative estimate of drug-likeness (QED) is 0.844. The molecule has 0 fully saturated rings. The standard InChI is InChI=1S/C12H17BrN2O2/c1-15(12(17)11(14)8-16)6-5-9-3-2-4-10(13)7-9/h2-4,7,11,16H,5-6,8,14H2,1H3. The predicted octanol–water partition coefficient (Wildman–Crippen LogP) is 0.770. The number of amides is 1. The molecular weight excluding hydrogens is 284 g/mol. The highest BCUT2D eigenvalue weighted by Crippen LogP contribution is 2.12. The van der Waals surface area contributed by atoms with Gasteiger partial charge >= 0.3 is 0 Å². The highest BCUT2D eigenvalue weighted by atomic mass is 79.9. The SMILES string of the molecule is CN(CCc1cccc(Br)c1)C(=O)C(N)CO. The van der Waals surface area contributed by atoms with Crippen LogP contribution in [-0.4, -0.2) is 42.2 Å². The minimum absolute atomic E-state index is 0.234. The lowest BCUT2D eigenvalue weighted by atomic mass is 10.1. The third kappa shape index (κ3) is 4.46. The Morgan fingerprint density at radius 2 is 2.29 bits per heavy atom. The lowest BCUT2D eigenvalue weighted by Gasteiger charge is -2.20. The topological polar surface area (TPSA) is 66.6 Å². The molecule has 1 rings (SSSR count). The zero-order valence-electron chi connectivity index (χ0n) is 9.77. The number of nitrogens with two attached hydrogens (primary N) is 1. The zero-order valence-corrected chi connectivity index (χ0v) is 11.4. The van der Waals surface area contributed by atoms with Gasteiger partial charge in [0.1, 0.15) is 6.04 Å². The number of likely N-dealkylation sites (N-methyl/N-ethyl adjacent to an activating group) is 1. The first-order chi connectivity index (χ1) is 8.04. The van der Waals surface area contributed by atoms with E-state index in [1.807, 2.05) is 24.3 Å². The number of hydrogen-bond donors (Lipinski definition) is 2. The summed E-state index contributed by atoms with van der Waals surface area (Å²) in [6.45, 7) is 0.267. The van der Waals surface area contributed by atoms with E-state index in [0.29, 0.717) is 6.54 Å². The molecule has 0 aliphatic rings. The smallest absolute Gasteiger partial charge is 0.241 e. The molecule has 0 bridgehead atoms. The molecule has 0 aliphatic heterocycles. The first-order valence-electron chi connectivity index (χ1n) is 5.40. The van der Waals surface area contributed by atoms with Crippen LogP contribution in [0.2, 0.25) is 0 Å². The average molecular weight is 301 g/mol. The van der Waals surface area contributed by atoms with Crippen molar-refractivity contribution in [3.63, 3.8) is 0 Å². The van der Waals surface area contributed by atoms with Crippen LogP contribution >= 0.6 is 15.9 Å². The number of nitrogens with zero attached hydrogens (tertiary/aromatic N) is 1. The van der Waals surface area contributed by atoms with Gasteiger partial charge in [-0.15, -0.1) is 0 Å². The fourth-order valence-electron chi connectivity index (χ4n) is 1.46. The van der Waals surface area contributed by atoms with E-state index in [1.165, 1.54) is 0 Å². The van der Waals surface area contributed by atoms with Crippen molar-refractivity contribution >= 4 is 21.8 Å². The van der Waals surface area contributed by atoms with E-state index >= 15 is 0 Å². The third-order valence-corrected chi connectivity index (χ3v) is 3.01. The molecule has 0 saturated heterocycles. The van der Waals surface area contributed by atoms with Crippen LogP contribution in [0.4, 0.5) is 0 Å². The van der Waals surface area contributed by atoms with Gasteiger partial charge < -0.3 is 15.7 Å². The van der Waals surface area contributed by atoms with Crippen molar-refractivity contribution in [3.8, 4) is 0 Å². The Labute approximate surface area is 110 Å². The van der Waals surface area contributed by atoms with Gasteiger partial charge in [-0.25, -0.2) is 0 Å². The lowest BCUT2D eigenvalue weighted by Crippen LogP contribution is -2.44. The summed E-state index contributed by atoms with van der Waals surface area (Å²) in [5, 5.41) is 8.80. The fourth-order valence-corrected chi connectivity index (χ4v) is 1.91. The van der Waals surface area contributed by atoms with Crippen molar-refractivity contribution in [1.29, 1.82) is 0 Å². The number of aliphatic hydroxyl groups excluding tert-OH is 1. The van der Waals surface area contributed by atoms with Crippen LogP contribution in [0.25, 0.3) is 0 Å². The van der Waals surface area contributed by atoms with Crippen LogP contribution < -0.4 is 5.73 Å². The molecule has 1 atom stereocenters. The maximum Gasteiger partial charge on any atom is 0.241 e. The highest BCUT2D eigenvalue weighted by molar-refractivity contribution is 9.10. The molecule has 0 saturated carbocycles. The summed E-state index contributed by atoms with van der Waals surface area (Å²) in [5.41, 5.74) is 6.61. The molecular formula is C12H17BrN2O2. The Morgan fingerprint density at radius 3 is 2.88 bits per heavy atom. The Balaban J connectivity index is 2.48. The Bertz CT molecular complexity index is 385. The van der Waals surface area contributed by atoms with E-state index in [2.05, 4.69) is 15.9 Å². The van der Waals surface area contributed by atoms with Crippen LogP contribution in [0.15, 0.2) is 28.7 Å². The Kier molecular flexibility index (Phi) is 5.61. The summed E-state index contributed by atoms with van der Waals surface area (Å²) < 4.78 is 1.02. The van der Waals surface area contributed by atoms with E-state index in [9.17, 15) is 4.79 Å². The van der Waals surface area contributed by atoms with Gasteiger partial charge in [-0.2, -0.15) is 0 Å². The molecule has 1 amide bonds. The molecule has 4 nitrogen and oxygen atoms in total. The van der Waals surface area contributed by atoms with Gasteiger partial charge in [0.2, 0.25) is 5.91 Å². The molecule has 17 heavy (non-hydrogen) atoms.